The number of rotatable bonds is 11. The predicted octanol–water partition coefficient (Wildman–Crippen LogP) is 4.22. The molecule has 0 saturated carbocycles. The molecule has 0 aromatic rings. The van der Waals surface area contributed by atoms with Gasteiger partial charge in [-0.05, 0) is 52.2 Å². The molecule has 0 aromatic heterocycles. The van der Waals surface area contributed by atoms with E-state index in [0.717, 1.165) is 26.1 Å². The fraction of sp³-hybridized carbons (Fsp3) is 0.882. The average molecular weight is 268 g/mol. The van der Waals surface area contributed by atoms with Crippen molar-refractivity contribution in [1.82, 2.24) is 10.2 Å². The number of likely N-dealkylation sites (N-methyl/N-ethyl adjacent to an activating group) is 1. The standard InChI is InChI=1S/C17H36N2/c1-8-13-18-16(14-15(6)7)17(9-2,10-3)19(11-4)12-5/h16,18H,6,8-14H2,1-5,7H3. The number of nitrogens with one attached hydrogen (secondary N) is 1. The van der Waals surface area contributed by atoms with Gasteiger partial charge in [0.1, 0.15) is 0 Å². The molecular formula is C17H36N2. The second-order valence-electron chi connectivity index (χ2n) is 5.65. The predicted molar refractivity (Wildman–Crippen MR) is 87.7 cm³/mol. The summed E-state index contributed by atoms with van der Waals surface area (Å²) < 4.78 is 0. The maximum Gasteiger partial charge on any atom is 0.0360 e. The minimum Gasteiger partial charge on any atom is -0.312 e. The van der Waals surface area contributed by atoms with Crippen LogP contribution in [0.3, 0.4) is 0 Å². The van der Waals surface area contributed by atoms with E-state index < -0.39 is 0 Å². The van der Waals surface area contributed by atoms with Crippen LogP contribution < -0.4 is 5.32 Å². The lowest BCUT2D eigenvalue weighted by molar-refractivity contribution is 0.0493. The molecule has 114 valence electrons. The Hall–Kier alpha value is -0.340. The average Bonchev–Trinajstić information content (AvgIpc) is 2.40. The Morgan fingerprint density at radius 1 is 1.11 bits per heavy atom. The van der Waals surface area contributed by atoms with Crippen LogP contribution in [0, 0.1) is 0 Å². The van der Waals surface area contributed by atoms with E-state index in [1.54, 1.807) is 0 Å². The molecule has 0 rings (SSSR count). The van der Waals surface area contributed by atoms with Crippen LogP contribution in [-0.4, -0.2) is 36.1 Å². The summed E-state index contributed by atoms with van der Waals surface area (Å²) in [6.45, 7) is 21.1. The Balaban J connectivity index is 5.26. The summed E-state index contributed by atoms with van der Waals surface area (Å²) in [6.07, 6.45) is 4.66. The van der Waals surface area contributed by atoms with Crippen molar-refractivity contribution in [1.29, 1.82) is 0 Å². The van der Waals surface area contributed by atoms with Crippen molar-refractivity contribution in [3.63, 3.8) is 0 Å². The number of nitrogens with zero attached hydrogens (tertiary/aromatic N) is 1. The second-order valence-corrected chi connectivity index (χ2v) is 5.65. The van der Waals surface area contributed by atoms with E-state index in [2.05, 4.69) is 58.3 Å². The van der Waals surface area contributed by atoms with Gasteiger partial charge in [-0.25, -0.2) is 0 Å². The van der Waals surface area contributed by atoms with E-state index in [0.29, 0.717) is 6.04 Å². The van der Waals surface area contributed by atoms with Gasteiger partial charge in [0.15, 0.2) is 0 Å². The third-order valence-corrected chi connectivity index (χ3v) is 4.46. The van der Waals surface area contributed by atoms with Crippen molar-refractivity contribution in [2.75, 3.05) is 19.6 Å². The van der Waals surface area contributed by atoms with Gasteiger partial charge in [-0.1, -0.05) is 40.2 Å². The topological polar surface area (TPSA) is 15.3 Å². The van der Waals surface area contributed by atoms with Crippen LogP contribution in [0.2, 0.25) is 0 Å². The molecule has 0 aliphatic carbocycles. The molecule has 0 bridgehead atoms. The molecular weight excluding hydrogens is 232 g/mol. The number of hydrogen-bond acceptors (Lipinski definition) is 2. The fourth-order valence-electron chi connectivity index (χ4n) is 3.38. The van der Waals surface area contributed by atoms with Crippen molar-refractivity contribution in [3.8, 4) is 0 Å². The lowest BCUT2D eigenvalue weighted by atomic mass is 9.79. The summed E-state index contributed by atoms with van der Waals surface area (Å²) in [6, 6.07) is 0.514. The van der Waals surface area contributed by atoms with Crippen LogP contribution in [0.4, 0.5) is 0 Å². The molecule has 19 heavy (non-hydrogen) atoms. The van der Waals surface area contributed by atoms with Crippen LogP contribution in [0.25, 0.3) is 0 Å². The maximum absolute atomic E-state index is 4.14. The first kappa shape index (κ1) is 18.7. The molecule has 0 aromatic carbocycles. The highest BCUT2D eigenvalue weighted by molar-refractivity contribution is 5.05. The Bertz CT molecular complexity index is 240. The fourth-order valence-corrected chi connectivity index (χ4v) is 3.38. The van der Waals surface area contributed by atoms with Gasteiger partial charge in [0.2, 0.25) is 0 Å². The summed E-state index contributed by atoms with van der Waals surface area (Å²) in [7, 11) is 0. The molecule has 0 spiro atoms. The van der Waals surface area contributed by atoms with Gasteiger partial charge in [-0.15, -0.1) is 6.58 Å². The summed E-state index contributed by atoms with van der Waals surface area (Å²) in [5, 5.41) is 3.79. The Morgan fingerprint density at radius 3 is 1.95 bits per heavy atom. The quantitative estimate of drug-likeness (QED) is 0.564. The van der Waals surface area contributed by atoms with Crippen molar-refractivity contribution in [2.24, 2.45) is 0 Å². The molecule has 0 saturated heterocycles. The molecule has 0 amide bonds. The third-order valence-electron chi connectivity index (χ3n) is 4.46. The third kappa shape index (κ3) is 4.92. The molecule has 2 heteroatoms. The highest BCUT2D eigenvalue weighted by atomic mass is 15.2. The summed E-state index contributed by atoms with van der Waals surface area (Å²) in [5.74, 6) is 0. The van der Waals surface area contributed by atoms with Gasteiger partial charge < -0.3 is 5.32 Å². The maximum atomic E-state index is 4.14. The van der Waals surface area contributed by atoms with Crippen LogP contribution in [0.5, 0.6) is 0 Å². The van der Waals surface area contributed by atoms with Crippen molar-refractivity contribution >= 4 is 0 Å². The van der Waals surface area contributed by atoms with Crippen LogP contribution >= 0.6 is 0 Å². The molecule has 1 unspecified atom stereocenters. The first-order chi connectivity index (χ1) is 9.02. The zero-order chi connectivity index (χ0) is 14.9. The van der Waals surface area contributed by atoms with Crippen LogP contribution in [-0.2, 0) is 0 Å². The lowest BCUT2D eigenvalue weighted by Gasteiger charge is -2.48. The SMILES string of the molecule is C=C(C)CC(NCCC)C(CC)(CC)N(CC)CC. The summed E-state index contributed by atoms with van der Waals surface area (Å²) >= 11 is 0. The zero-order valence-corrected chi connectivity index (χ0v) is 14.2. The van der Waals surface area contributed by atoms with E-state index in [1.807, 2.05) is 0 Å². The van der Waals surface area contributed by atoms with Gasteiger partial charge in [0.25, 0.3) is 0 Å². The minimum atomic E-state index is 0.262. The van der Waals surface area contributed by atoms with Crippen molar-refractivity contribution < 1.29 is 0 Å². The molecule has 0 aliphatic rings. The monoisotopic (exact) mass is 268 g/mol. The molecule has 2 nitrogen and oxygen atoms in total. The summed E-state index contributed by atoms with van der Waals surface area (Å²) in [4.78, 5) is 2.64. The van der Waals surface area contributed by atoms with E-state index in [9.17, 15) is 0 Å². The van der Waals surface area contributed by atoms with E-state index in [1.165, 1.54) is 24.8 Å². The normalized spacial score (nSPS) is 13.8. The van der Waals surface area contributed by atoms with E-state index in [4.69, 9.17) is 0 Å². The van der Waals surface area contributed by atoms with Crippen LogP contribution in [0.1, 0.15) is 67.2 Å². The number of hydrogen-bond donors (Lipinski definition) is 1. The molecule has 0 aliphatic heterocycles. The Morgan fingerprint density at radius 2 is 1.63 bits per heavy atom. The van der Waals surface area contributed by atoms with E-state index >= 15 is 0 Å². The van der Waals surface area contributed by atoms with Gasteiger partial charge in [0, 0.05) is 11.6 Å². The van der Waals surface area contributed by atoms with Gasteiger partial charge >= 0.3 is 0 Å². The molecule has 0 radical (unpaired) electrons. The Labute approximate surface area is 121 Å². The highest BCUT2D eigenvalue weighted by Crippen LogP contribution is 2.31. The van der Waals surface area contributed by atoms with Gasteiger partial charge in [-0.2, -0.15) is 0 Å². The van der Waals surface area contributed by atoms with Crippen molar-refractivity contribution in [2.45, 2.75) is 78.8 Å². The highest BCUT2D eigenvalue weighted by Gasteiger charge is 2.39. The Kier molecular flexibility index (Phi) is 9.38. The summed E-state index contributed by atoms with van der Waals surface area (Å²) in [5.41, 5.74) is 1.55. The molecule has 0 heterocycles. The smallest absolute Gasteiger partial charge is 0.0360 e. The molecule has 1 atom stereocenters. The largest absolute Gasteiger partial charge is 0.312 e. The second kappa shape index (κ2) is 9.55. The zero-order valence-electron chi connectivity index (χ0n) is 14.2. The lowest BCUT2D eigenvalue weighted by Crippen LogP contribution is -2.61. The molecule has 0 fully saturated rings. The first-order valence-corrected chi connectivity index (χ1v) is 8.14. The van der Waals surface area contributed by atoms with Gasteiger partial charge in [0.05, 0.1) is 0 Å². The molecule has 1 N–H and O–H groups in total. The minimum absolute atomic E-state index is 0.262. The van der Waals surface area contributed by atoms with Crippen molar-refractivity contribution in [3.05, 3.63) is 12.2 Å². The first-order valence-electron chi connectivity index (χ1n) is 8.14. The van der Waals surface area contributed by atoms with E-state index in [-0.39, 0.29) is 5.54 Å². The van der Waals surface area contributed by atoms with Gasteiger partial charge in [-0.3, -0.25) is 4.90 Å². The van der Waals surface area contributed by atoms with Crippen LogP contribution in [0.15, 0.2) is 12.2 Å².